The Morgan fingerprint density at radius 3 is 2.56 bits per heavy atom. The highest BCUT2D eigenvalue weighted by Gasteiger charge is 2.18. The molecule has 0 saturated carbocycles. The van der Waals surface area contributed by atoms with Gasteiger partial charge in [0.05, 0.1) is 23.6 Å². The molecule has 32 heavy (non-hydrogen) atoms. The number of nitrogens with one attached hydrogen (secondary N) is 1. The Balaban J connectivity index is 1.44. The minimum absolute atomic E-state index is 0.191. The van der Waals surface area contributed by atoms with Gasteiger partial charge in [-0.15, -0.1) is 0 Å². The van der Waals surface area contributed by atoms with Crippen LogP contribution in [0.5, 0.6) is 5.75 Å². The van der Waals surface area contributed by atoms with Crippen LogP contribution < -0.4 is 10.1 Å². The molecule has 1 N–H and O–H groups in total. The molecule has 0 aliphatic heterocycles. The predicted octanol–water partition coefficient (Wildman–Crippen LogP) is 4.48. The molecule has 7 nitrogen and oxygen atoms in total. The van der Waals surface area contributed by atoms with E-state index in [1.165, 1.54) is 6.07 Å². The molecule has 8 heteroatoms. The van der Waals surface area contributed by atoms with E-state index in [0.717, 1.165) is 17.0 Å². The number of aryl methyl sites for hydroxylation is 2. The Kier molecular flexibility index (Phi) is 6.02. The summed E-state index contributed by atoms with van der Waals surface area (Å²) >= 11 is 0. The molecule has 4 aromatic rings. The Morgan fingerprint density at radius 1 is 1.03 bits per heavy atom. The Labute approximate surface area is 185 Å². The fourth-order valence-electron chi connectivity index (χ4n) is 3.41. The molecule has 4 rings (SSSR count). The zero-order valence-electron chi connectivity index (χ0n) is 18.2. The number of nitrogens with zero attached hydrogens (tertiary/aromatic N) is 4. The quantitative estimate of drug-likeness (QED) is 0.466. The average molecular weight is 433 g/mol. The van der Waals surface area contributed by atoms with E-state index >= 15 is 0 Å². The lowest BCUT2D eigenvalue weighted by molar-refractivity contribution is 0.102. The van der Waals surface area contributed by atoms with Crippen molar-refractivity contribution in [1.29, 1.82) is 0 Å². The number of ether oxygens (including phenoxy) is 1. The van der Waals surface area contributed by atoms with Crippen LogP contribution in [0.15, 0.2) is 60.8 Å². The van der Waals surface area contributed by atoms with E-state index in [2.05, 4.69) is 15.5 Å². The third-order valence-electron chi connectivity index (χ3n) is 5.22. The van der Waals surface area contributed by atoms with Crippen LogP contribution in [0, 0.1) is 26.6 Å². The van der Waals surface area contributed by atoms with E-state index in [1.54, 1.807) is 46.7 Å². The first-order valence-corrected chi connectivity index (χ1v) is 10.2. The highest BCUT2D eigenvalue weighted by molar-refractivity contribution is 6.03. The molecule has 164 valence electrons. The lowest BCUT2D eigenvalue weighted by Gasteiger charge is -2.08. The number of benzene rings is 2. The van der Waals surface area contributed by atoms with Crippen LogP contribution >= 0.6 is 0 Å². The minimum Gasteiger partial charge on any atom is -0.471 e. The molecule has 0 unspecified atom stereocenters. The number of anilines is 1. The number of hydrogen-bond donors (Lipinski definition) is 1. The fraction of sp³-hybridized carbons (Fsp3) is 0.208. The monoisotopic (exact) mass is 433 g/mol. The number of para-hydroxylation sites is 1. The number of carbonyl (C=O) groups excluding carboxylic acids is 1. The molecule has 0 radical (unpaired) electrons. The maximum atomic E-state index is 14.0. The largest absolute Gasteiger partial charge is 0.471 e. The van der Waals surface area contributed by atoms with Gasteiger partial charge in [0.15, 0.2) is 12.4 Å². The van der Waals surface area contributed by atoms with E-state index in [-0.39, 0.29) is 30.7 Å². The molecule has 0 aliphatic carbocycles. The van der Waals surface area contributed by atoms with Gasteiger partial charge in [0.1, 0.15) is 11.6 Å². The van der Waals surface area contributed by atoms with E-state index < -0.39 is 0 Å². The van der Waals surface area contributed by atoms with Crippen molar-refractivity contribution in [3.8, 4) is 5.75 Å². The molecule has 0 fully saturated rings. The van der Waals surface area contributed by atoms with Gasteiger partial charge in [0.25, 0.3) is 5.91 Å². The van der Waals surface area contributed by atoms with Crippen LogP contribution in [0.4, 0.5) is 10.1 Å². The van der Waals surface area contributed by atoms with Crippen LogP contribution in [-0.2, 0) is 13.3 Å². The second kappa shape index (κ2) is 9.05. The van der Waals surface area contributed by atoms with Crippen molar-refractivity contribution in [2.45, 2.75) is 34.0 Å². The first kappa shape index (κ1) is 21.3. The number of amides is 1. The minimum atomic E-state index is -0.351. The number of hydrogen-bond acceptors (Lipinski definition) is 4. The van der Waals surface area contributed by atoms with Crippen molar-refractivity contribution in [3.63, 3.8) is 0 Å². The second-order valence-electron chi connectivity index (χ2n) is 7.53. The molecule has 0 bridgehead atoms. The van der Waals surface area contributed by atoms with Crippen LogP contribution in [0.2, 0.25) is 0 Å². The van der Waals surface area contributed by atoms with Crippen molar-refractivity contribution in [2.24, 2.45) is 0 Å². The molecular weight excluding hydrogens is 409 g/mol. The smallest absolute Gasteiger partial charge is 0.276 e. The zero-order chi connectivity index (χ0) is 22.7. The van der Waals surface area contributed by atoms with Crippen molar-refractivity contribution < 1.29 is 13.9 Å². The number of carbonyl (C=O) groups is 1. The number of rotatable bonds is 7. The predicted molar refractivity (Wildman–Crippen MR) is 119 cm³/mol. The summed E-state index contributed by atoms with van der Waals surface area (Å²) < 4.78 is 23.0. The highest BCUT2D eigenvalue weighted by atomic mass is 19.1. The molecule has 0 aliphatic rings. The van der Waals surface area contributed by atoms with Crippen molar-refractivity contribution in [3.05, 3.63) is 94.8 Å². The third-order valence-corrected chi connectivity index (χ3v) is 5.22. The van der Waals surface area contributed by atoms with Crippen LogP contribution in [-0.4, -0.2) is 25.5 Å². The Hall–Kier alpha value is -3.94. The van der Waals surface area contributed by atoms with Gasteiger partial charge in [-0.1, -0.05) is 36.4 Å². The Bertz CT molecular complexity index is 1260. The standard InChI is InChI=1S/C24H24FN5O2/c1-16-8-4-7-11-22(16)32-15-29-13-12-21(28-29)24(31)26-23-17(2)27-30(18(23)3)14-19-9-5-6-10-20(19)25/h4-13H,14-15H2,1-3H3,(H,26,31). The van der Waals surface area contributed by atoms with Gasteiger partial charge in [-0.05, 0) is 44.5 Å². The summed E-state index contributed by atoms with van der Waals surface area (Å²) in [7, 11) is 0. The van der Waals surface area contributed by atoms with Crippen LogP contribution in [0.1, 0.15) is 33.0 Å². The van der Waals surface area contributed by atoms with Crippen molar-refractivity contribution in [1.82, 2.24) is 19.6 Å². The van der Waals surface area contributed by atoms with E-state index in [1.807, 2.05) is 38.1 Å². The topological polar surface area (TPSA) is 74.0 Å². The van der Waals surface area contributed by atoms with Gasteiger partial charge in [-0.3, -0.25) is 9.48 Å². The van der Waals surface area contributed by atoms with Crippen molar-refractivity contribution in [2.75, 3.05) is 5.32 Å². The van der Waals surface area contributed by atoms with Gasteiger partial charge >= 0.3 is 0 Å². The second-order valence-corrected chi connectivity index (χ2v) is 7.53. The average Bonchev–Trinajstić information content (AvgIpc) is 3.35. The molecule has 0 saturated heterocycles. The van der Waals surface area contributed by atoms with Gasteiger partial charge in [0.2, 0.25) is 0 Å². The third kappa shape index (κ3) is 4.54. The zero-order valence-corrected chi connectivity index (χ0v) is 18.2. The van der Waals surface area contributed by atoms with Gasteiger partial charge in [0, 0.05) is 11.8 Å². The summed E-state index contributed by atoms with van der Waals surface area (Å²) in [5, 5.41) is 11.6. The molecule has 1 amide bonds. The van der Waals surface area contributed by atoms with Gasteiger partial charge < -0.3 is 10.1 Å². The summed E-state index contributed by atoms with van der Waals surface area (Å²) in [5.74, 6) is 0.128. The summed E-state index contributed by atoms with van der Waals surface area (Å²) in [6, 6.07) is 15.9. The summed E-state index contributed by atoms with van der Waals surface area (Å²) in [6.45, 7) is 6.07. The van der Waals surface area contributed by atoms with Gasteiger partial charge in [-0.25, -0.2) is 9.07 Å². The summed E-state index contributed by atoms with van der Waals surface area (Å²) in [4.78, 5) is 12.8. The molecule has 2 aromatic carbocycles. The fourth-order valence-corrected chi connectivity index (χ4v) is 3.41. The SMILES string of the molecule is Cc1ccccc1OCn1ccc(C(=O)Nc2c(C)nn(Cc3ccccc3F)c2C)n1. The molecule has 0 atom stereocenters. The van der Waals surface area contributed by atoms with E-state index in [9.17, 15) is 9.18 Å². The highest BCUT2D eigenvalue weighted by Crippen LogP contribution is 2.22. The van der Waals surface area contributed by atoms with Gasteiger partial charge in [-0.2, -0.15) is 10.2 Å². The molecule has 2 heterocycles. The van der Waals surface area contributed by atoms with Crippen molar-refractivity contribution >= 4 is 11.6 Å². The molecular formula is C24H24FN5O2. The summed E-state index contributed by atoms with van der Waals surface area (Å²) in [6.07, 6.45) is 1.69. The van der Waals surface area contributed by atoms with E-state index in [0.29, 0.717) is 16.9 Å². The lowest BCUT2D eigenvalue weighted by atomic mass is 10.2. The summed E-state index contributed by atoms with van der Waals surface area (Å²) in [5.41, 5.74) is 3.80. The normalized spacial score (nSPS) is 10.9. The number of aromatic nitrogens is 4. The Morgan fingerprint density at radius 2 is 1.78 bits per heavy atom. The maximum Gasteiger partial charge on any atom is 0.276 e. The van der Waals surface area contributed by atoms with E-state index in [4.69, 9.17) is 4.74 Å². The molecule has 2 aromatic heterocycles. The van der Waals surface area contributed by atoms with Crippen LogP contribution in [0.25, 0.3) is 0 Å². The first-order valence-electron chi connectivity index (χ1n) is 10.2. The van der Waals surface area contributed by atoms with Crippen LogP contribution in [0.3, 0.4) is 0 Å². The maximum absolute atomic E-state index is 14.0. The molecule has 0 spiro atoms. The lowest BCUT2D eigenvalue weighted by Crippen LogP contribution is -2.15. The first-order chi connectivity index (χ1) is 15.4. The number of halogens is 1.